The van der Waals surface area contributed by atoms with Gasteiger partial charge in [-0.1, -0.05) is 63.2 Å². The van der Waals surface area contributed by atoms with Crippen molar-refractivity contribution in [2.45, 2.75) is 59.3 Å². The van der Waals surface area contributed by atoms with Gasteiger partial charge in [0.15, 0.2) is 0 Å². The highest BCUT2D eigenvalue weighted by molar-refractivity contribution is 7.23. The van der Waals surface area contributed by atoms with Gasteiger partial charge in [0.2, 0.25) is 16.6 Å². The molecule has 0 aliphatic carbocycles. The summed E-state index contributed by atoms with van der Waals surface area (Å²) in [6, 6.07) is 22.7. The van der Waals surface area contributed by atoms with Gasteiger partial charge in [0.1, 0.15) is 0 Å². The lowest BCUT2D eigenvalue weighted by Gasteiger charge is -2.22. The number of nitrogens with zero attached hydrogens (tertiary/aromatic N) is 1. The normalized spacial score (nSPS) is 16.4. The van der Waals surface area contributed by atoms with Crippen molar-refractivity contribution >= 4 is 59.2 Å². The van der Waals surface area contributed by atoms with E-state index in [2.05, 4.69) is 115 Å². The van der Waals surface area contributed by atoms with E-state index in [1.54, 1.807) is 0 Å². The molecule has 0 amide bonds. The number of rotatable bonds is 2. The van der Waals surface area contributed by atoms with E-state index >= 15 is 0 Å². The molecule has 1 aliphatic heterocycles. The second-order valence-electron chi connectivity index (χ2n) is 12.5. The van der Waals surface area contributed by atoms with Crippen molar-refractivity contribution in [2.24, 2.45) is 0 Å². The van der Waals surface area contributed by atoms with Crippen LogP contribution < -0.4 is 10.4 Å². The molecule has 0 saturated heterocycles. The van der Waals surface area contributed by atoms with Gasteiger partial charge >= 0.3 is 0 Å². The molecule has 37 heavy (non-hydrogen) atoms. The lowest BCUT2D eigenvalue weighted by molar-refractivity contribution is 0.583. The summed E-state index contributed by atoms with van der Waals surface area (Å²) < 4.78 is 7.98. The fourth-order valence-corrected chi connectivity index (χ4v) is 17.7. The Hall–Kier alpha value is -2.58. The third-order valence-electron chi connectivity index (χ3n) is 7.89. The van der Waals surface area contributed by atoms with Crippen LogP contribution >= 0.6 is 11.3 Å². The van der Waals surface area contributed by atoms with Crippen LogP contribution in [0.2, 0.25) is 26.2 Å². The Morgan fingerprint density at radius 1 is 0.784 bits per heavy atom. The Morgan fingerprint density at radius 3 is 2.27 bits per heavy atom. The molecule has 188 valence electrons. The highest BCUT2D eigenvalue weighted by atomic mass is 32.1. The van der Waals surface area contributed by atoms with Gasteiger partial charge < -0.3 is 4.12 Å². The number of hydrogen-bond acceptors (Lipinski definition) is 3. The van der Waals surface area contributed by atoms with Crippen LogP contribution in [0.25, 0.3) is 42.6 Å². The maximum Gasteiger partial charge on any atom is 0.206 e. The zero-order valence-electron chi connectivity index (χ0n) is 23.1. The number of benzene rings is 3. The third kappa shape index (κ3) is 3.95. The molecule has 3 aromatic carbocycles. The number of aromatic nitrogens is 1. The van der Waals surface area contributed by atoms with Crippen molar-refractivity contribution < 1.29 is 4.12 Å². The summed E-state index contributed by atoms with van der Waals surface area (Å²) in [5, 5.41) is 6.88. The largest absolute Gasteiger partial charge is 0.449 e. The average molecular weight is 538 g/mol. The fraction of sp³-hybridized carbons (Fsp3) is 0.281. The van der Waals surface area contributed by atoms with Gasteiger partial charge in [0, 0.05) is 16.6 Å². The Labute approximate surface area is 226 Å². The predicted octanol–water partition coefficient (Wildman–Crippen LogP) is 8.24. The van der Waals surface area contributed by atoms with Crippen LogP contribution in [0.4, 0.5) is 0 Å². The summed E-state index contributed by atoms with van der Waals surface area (Å²) in [5.74, 6) is 0. The SMILES string of the molecule is Cc1c(-c2ccc3c(c2)[Si](C)(C)O[Si]3(C)C)sc2c(-c3cc(C(C)(C)C)c4ccccc4c3)nccc12. The Kier molecular flexibility index (Phi) is 5.49. The Morgan fingerprint density at radius 2 is 1.51 bits per heavy atom. The molecule has 0 saturated carbocycles. The molecule has 5 aromatic rings. The molecule has 0 spiro atoms. The number of fused-ring (bicyclic) bond motifs is 3. The first-order valence-electron chi connectivity index (χ1n) is 13.1. The summed E-state index contributed by atoms with van der Waals surface area (Å²) in [6.07, 6.45) is 1.98. The topological polar surface area (TPSA) is 22.1 Å². The minimum Gasteiger partial charge on any atom is -0.449 e. The van der Waals surface area contributed by atoms with E-state index in [9.17, 15) is 0 Å². The first-order valence-corrected chi connectivity index (χ1v) is 19.8. The monoisotopic (exact) mass is 537 g/mol. The van der Waals surface area contributed by atoms with Gasteiger partial charge in [-0.2, -0.15) is 0 Å². The maximum absolute atomic E-state index is 6.71. The van der Waals surface area contributed by atoms with Crippen LogP contribution in [0.3, 0.4) is 0 Å². The number of hydrogen-bond donors (Lipinski definition) is 0. The number of aryl methyl sites for hydroxylation is 1. The summed E-state index contributed by atoms with van der Waals surface area (Å²) in [6.45, 7) is 18.5. The second kappa shape index (κ2) is 8.21. The van der Waals surface area contributed by atoms with Crippen LogP contribution in [0.15, 0.2) is 66.9 Å². The minimum absolute atomic E-state index is 0.0420. The zero-order valence-corrected chi connectivity index (χ0v) is 25.9. The summed E-state index contributed by atoms with van der Waals surface area (Å²) in [4.78, 5) is 6.31. The van der Waals surface area contributed by atoms with Gasteiger partial charge in [-0.25, -0.2) is 0 Å². The molecule has 5 heteroatoms. The molecular formula is C32H35NOSSi2. The molecule has 1 aliphatic rings. The lowest BCUT2D eigenvalue weighted by Crippen LogP contribution is -2.43. The standard InChI is InChI=1S/C32H35NOSSi2/c1-20-24-15-16-33-29(23-17-21-11-9-10-12-25(21)26(18-23)32(2,3)4)31(24)35-30(20)22-13-14-27-28(19-22)37(7,8)34-36(27,5)6/h9-19H,1-8H3. The molecule has 3 heterocycles. The fourth-order valence-electron chi connectivity index (χ4n) is 6.15. The van der Waals surface area contributed by atoms with E-state index in [-0.39, 0.29) is 5.41 Å². The summed E-state index contributed by atoms with van der Waals surface area (Å²) in [7, 11) is -3.68. The lowest BCUT2D eigenvalue weighted by atomic mass is 9.82. The molecular weight excluding hydrogens is 503 g/mol. The minimum atomic E-state index is -1.88. The quantitative estimate of drug-likeness (QED) is 0.212. The third-order valence-corrected chi connectivity index (χ3v) is 17.0. The molecule has 6 rings (SSSR count). The van der Waals surface area contributed by atoms with E-state index in [0.717, 1.165) is 5.69 Å². The van der Waals surface area contributed by atoms with Crippen molar-refractivity contribution in [1.82, 2.24) is 4.98 Å². The van der Waals surface area contributed by atoms with Crippen LogP contribution in [0, 0.1) is 6.92 Å². The van der Waals surface area contributed by atoms with Crippen LogP contribution in [-0.2, 0) is 9.53 Å². The average Bonchev–Trinajstić information content (AvgIpc) is 3.27. The molecule has 0 atom stereocenters. The molecule has 0 radical (unpaired) electrons. The van der Waals surface area contributed by atoms with Gasteiger partial charge in [0.25, 0.3) is 0 Å². The number of thiophene rings is 1. The molecule has 0 bridgehead atoms. The molecule has 0 unspecified atom stereocenters. The summed E-state index contributed by atoms with van der Waals surface area (Å²) >= 11 is 1.89. The molecule has 0 fully saturated rings. The van der Waals surface area contributed by atoms with Crippen molar-refractivity contribution in [1.29, 1.82) is 0 Å². The first kappa shape index (κ1) is 24.7. The number of pyridine rings is 1. The smallest absolute Gasteiger partial charge is 0.206 e. The van der Waals surface area contributed by atoms with E-state index in [4.69, 9.17) is 9.10 Å². The van der Waals surface area contributed by atoms with Crippen molar-refractivity contribution in [2.75, 3.05) is 0 Å². The predicted molar refractivity (Wildman–Crippen MR) is 167 cm³/mol. The highest BCUT2D eigenvalue weighted by Crippen LogP contribution is 2.43. The van der Waals surface area contributed by atoms with Crippen molar-refractivity contribution in [3.05, 3.63) is 78.0 Å². The first-order chi connectivity index (χ1) is 17.4. The van der Waals surface area contributed by atoms with Crippen LogP contribution in [0.5, 0.6) is 0 Å². The van der Waals surface area contributed by atoms with E-state index in [0.29, 0.717) is 0 Å². The van der Waals surface area contributed by atoms with E-state index in [1.165, 1.54) is 58.4 Å². The van der Waals surface area contributed by atoms with E-state index < -0.39 is 16.6 Å². The van der Waals surface area contributed by atoms with E-state index in [1.807, 2.05) is 17.5 Å². The molecule has 2 aromatic heterocycles. The van der Waals surface area contributed by atoms with Crippen LogP contribution in [0.1, 0.15) is 31.9 Å². The van der Waals surface area contributed by atoms with Gasteiger partial charge in [0.05, 0.1) is 10.4 Å². The highest BCUT2D eigenvalue weighted by Gasteiger charge is 2.46. The van der Waals surface area contributed by atoms with Gasteiger partial charge in [-0.3, -0.25) is 4.98 Å². The summed E-state index contributed by atoms with van der Waals surface area (Å²) in [5.41, 5.74) is 6.35. The molecule has 2 nitrogen and oxygen atoms in total. The Bertz CT molecular complexity index is 1710. The van der Waals surface area contributed by atoms with Crippen LogP contribution in [-0.4, -0.2) is 21.6 Å². The van der Waals surface area contributed by atoms with Crippen molar-refractivity contribution in [3.8, 4) is 21.7 Å². The van der Waals surface area contributed by atoms with Gasteiger partial charge in [-0.05, 0) is 99.9 Å². The zero-order chi connectivity index (χ0) is 26.3. The Balaban J connectivity index is 1.56. The maximum atomic E-state index is 6.71. The van der Waals surface area contributed by atoms with Crippen molar-refractivity contribution in [3.63, 3.8) is 0 Å². The molecule has 0 N–H and O–H groups in total. The second-order valence-corrected chi connectivity index (χ2v) is 21.4. The van der Waals surface area contributed by atoms with Gasteiger partial charge in [-0.15, -0.1) is 11.3 Å².